The molecule has 0 radical (unpaired) electrons. The molecule has 25 heavy (non-hydrogen) atoms. The van der Waals surface area contributed by atoms with Gasteiger partial charge in [-0.05, 0) is 11.4 Å². The van der Waals surface area contributed by atoms with Crippen LogP contribution in [0.4, 0.5) is 0 Å². The van der Waals surface area contributed by atoms with E-state index in [1.165, 1.54) is 21.9 Å². The first-order valence-corrected chi connectivity index (χ1v) is 10.7. The van der Waals surface area contributed by atoms with Crippen LogP contribution in [-0.4, -0.2) is 86.0 Å². The van der Waals surface area contributed by atoms with E-state index in [1.54, 1.807) is 9.80 Å². The number of piperazine rings is 1. The Bertz CT molecular complexity index is 726. The fourth-order valence-corrected chi connectivity index (χ4v) is 4.56. The molecule has 0 N–H and O–H groups in total. The monoisotopic (exact) mass is 387 g/mol. The predicted molar refractivity (Wildman–Crippen MR) is 92.5 cm³/mol. The summed E-state index contributed by atoms with van der Waals surface area (Å²) in [5.41, 5.74) is 0. The largest absolute Gasteiger partial charge is 0.369 e. The molecule has 8 nitrogen and oxygen atoms in total. The number of ether oxygens (including phenoxy) is 1. The van der Waals surface area contributed by atoms with Crippen LogP contribution in [0.1, 0.15) is 4.88 Å². The number of hydrogen-bond donors (Lipinski definition) is 0. The number of carbonyl (C=O) groups is 2. The number of thiophene rings is 1. The topological polar surface area (TPSA) is 87.2 Å². The van der Waals surface area contributed by atoms with Gasteiger partial charge in [0.15, 0.2) is 0 Å². The molecule has 1 aromatic heterocycles. The van der Waals surface area contributed by atoms with Crippen molar-refractivity contribution in [2.45, 2.75) is 12.6 Å². The zero-order valence-electron chi connectivity index (χ0n) is 14.0. The maximum absolute atomic E-state index is 12.9. The Morgan fingerprint density at radius 1 is 1.32 bits per heavy atom. The van der Waals surface area contributed by atoms with Gasteiger partial charge in [0.25, 0.3) is 0 Å². The fraction of sp³-hybridized carbons (Fsp3) is 0.600. The lowest BCUT2D eigenvalue weighted by atomic mass is 10.1. The van der Waals surface area contributed by atoms with Crippen LogP contribution < -0.4 is 0 Å². The highest BCUT2D eigenvalue weighted by atomic mass is 32.2. The highest BCUT2D eigenvalue weighted by Gasteiger charge is 2.38. The second-order valence-electron chi connectivity index (χ2n) is 6.12. The van der Waals surface area contributed by atoms with Crippen molar-refractivity contribution in [3.63, 3.8) is 0 Å². The van der Waals surface area contributed by atoms with Gasteiger partial charge < -0.3 is 14.5 Å². The van der Waals surface area contributed by atoms with Gasteiger partial charge in [-0.1, -0.05) is 6.07 Å². The Morgan fingerprint density at radius 3 is 2.64 bits per heavy atom. The Hall–Kier alpha value is -1.49. The van der Waals surface area contributed by atoms with Gasteiger partial charge in [-0.2, -0.15) is 4.31 Å². The second kappa shape index (κ2) is 7.40. The summed E-state index contributed by atoms with van der Waals surface area (Å²) in [5, 5.41) is 1.93. The SMILES string of the molecule is CS(=O)(=O)N1CCN(C(=O)[C@H]2COCC(=O)N2Cc2cccs2)CC1. The van der Waals surface area contributed by atoms with Gasteiger partial charge in [0, 0.05) is 31.1 Å². The van der Waals surface area contributed by atoms with Crippen molar-refractivity contribution < 1.29 is 22.7 Å². The molecule has 10 heteroatoms. The van der Waals surface area contributed by atoms with E-state index in [0.29, 0.717) is 19.6 Å². The summed E-state index contributed by atoms with van der Waals surface area (Å²) in [6.45, 7) is 1.74. The summed E-state index contributed by atoms with van der Waals surface area (Å²) in [6.07, 6.45) is 1.17. The number of carbonyl (C=O) groups excluding carboxylic acids is 2. The van der Waals surface area contributed by atoms with Crippen molar-refractivity contribution in [2.75, 3.05) is 45.6 Å². The minimum atomic E-state index is -3.25. The van der Waals surface area contributed by atoms with E-state index < -0.39 is 16.1 Å². The number of sulfonamides is 1. The first-order chi connectivity index (χ1) is 11.9. The fourth-order valence-electron chi connectivity index (χ4n) is 3.03. The van der Waals surface area contributed by atoms with Crippen molar-refractivity contribution in [2.24, 2.45) is 0 Å². The molecule has 3 rings (SSSR count). The van der Waals surface area contributed by atoms with Crippen LogP contribution in [-0.2, 0) is 30.9 Å². The molecule has 2 amide bonds. The number of nitrogens with zero attached hydrogens (tertiary/aromatic N) is 3. The highest BCUT2D eigenvalue weighted by Crippen LogP contribution is 2.19. The average Bonchev–Trinajstić information content (AvgIpc) is 3.08. The minimum absolute atomic E-state index is 0.0169. The summed E-state index contributed by atoms with van der Waals surface area (Å²) in [4.78, 5) is 29.3. The third-order valence-electron chi connectivity index (χ3n) is 4.41. The molecule has 0 spiro atoms. The second-order valence-corrected chi connectivity index (χ2v) is 9.13. The van der Waals surface area contributed by atoms with Gasteiger partial charge in [0.05, 0.1) is 19.4 Å². The molecule has 1 aromatic rings. The maximum atomic E-state index is 12.9. The Kier molecular flexibility index (Phi) is 5.42. The van der Waals surface area contributed by atoms with E-state index in [1.807, 2.05) is 17.5 Å². The molecule has 2 aliphatic heterocycles. The highest BCUT2D eigenvalue weighted by molar-refractivity contribution is 7.88. The van der Waals surface area contributed by atoms with E-state index in [-0.39, 0.29) is 38.1 Å². The third kappa shape index (κ3) is 4.20. The van der Waals surface area contributed by atoms with E-state index in [9.17, 15) is 18.0 Å². The molecule has 0 aromatic carbocycles. The Morgan fingerprint density at radius 2 is 2.04 bits per heavy atom. The summed E-state index contributed by atoms with van der Waals surface area (Å²) in [7, 11) is -3.25. The summed E-state index contributed by atoms with van der Waals surface area (Å²) >= 11 is 1.54. The minimum Gasteiger partial charge on any atom is -0.369 e. The van der Waals surface area contributed by atoms with Gasteiger partial charge in [0.2, 0.25) is 21.8 Å². The standard InChI is InChI=1S/C15H21N3O5S2/c1-25(21,22)17-6-4-16(5-7-17)15(20)13-10-23-11-14(19)18(13)9-12-3-2-8-24-12/h2-3,8,13H,4-7,9-11H2,1H3/t13-/m1/s1. The first-order valence-electron chi connectivity index (χ1n) is 8.00. The lowest BCUT2D eigenvalue weighted by Crippen LogP contribution is -2.59. The lowest BCUT2D eigenvalue weighted by Gasteiger charge is -2.39. The van der Waals surface area contributed by atoms with Crippen LogP contribution in [0.15, 0.2) is 17.5 Å². The molecule has 3 heterocycles. The van der Waals surface area contributed by atoms with Gasteiger partial charge in [-0.15, -0.1) is 11.3 Å². The van der Waals surface area contributed by atoms with Crippen molar-refractivity contribution >= 4 is 33.2 Å². The van der Waals surface area contributed by atoms with E-state index in [0.717, 1.165) is 4.88 Å². The Balaban J connectivity index is 1.68. The molecular formula is C15H21N3O5S2. The molecular weight excluding hydrogens is 366 g/mol. The predicted octanol–water partition coefficient (Wildman–Crippen LogP) is -0.421. The molecule has 0 bridgehead atoms. The molecule has 0 unspecified atom stereocenters. The van der Waals surface area contributed by atoms with Gasteiger partial charge in [-0.3, -0.25) is 9.59 Å². The van der Waals surface area contributed by atoms with E-state index in [4.69, 9.17) is 4.74 Å². The summed E-state index contributed by atoms with van der Waals surface area (Å²) in [5.74, 6) is -0.384. The molecule has 2 saturated heterocycles. The van der Waals surface area contributed by atoms with Crippen molar-refractivity contribution in [3.05, 3.63) is 22.4 Å². The summed E-state index contributed by atoms with van der Waals surface area (Å²) in [6, 6.07) is 3.18. The molecule has 2 aliphatic rings. The van der Waals surface area contributed by atoms with Crippen LogP contribution in [0.5, 0.6) is 0 Å². The normalized spacial score (nSPS) is 23.1. The number of morpholine rings is 1. The molecule has 0 saturated carbocycles. The number of hydrogen-bond acceptors (Lipinski definition) is 6. The summed E-state index contributed by atoms with van der Waals surface area (Å²) < 4.78 is 29.8. The first kappa shape index (κ1) is 18.3. The van der Waals surface area contributed by atoms with Crippen LogP contribution in [0.3, 0.4) is 0 Å². The average molecular weight is 387 g/mol. The van der Waals surface area contributed by atoms with Crippen molar-refractivity contribution in [1.29, 1.82) is 0 Å². The lowest BCUT2D eigenvalue weighted by molar-refractivity contribution is -0.160. The van der Waals surface area contributed by atoms with Gasteiger partial charge >= 0.3 is 0 Å². The molecule has 2 fully saturated rings. The quantitative estimate of drug-likeness (QED) is 0.700. The molecule has 138 valence electrons. The van der Waals surface area contributed by atoms with Gasteiger partial charge in [-0.25, -0.2) is 8.42 Å². The van der Waals surface area contributed by atoms with Crippen LogP contribution in [0.2, 0.25) is 0 Å². The third-order valence-corrected chi connectivity index (χ3v) is 6.57. The van der Waals surface area contributed by atoms with Crippen LogP contribution in [0.25, 0.3) is 0 Å². The molecule has 0 aliphatic carbocycles. The van der Waals surface area contributed by atoms with Crippen molar-refractivity contribution in [1.82, 2.24) is 14.1 Å². The smallest absolute Gasteiger partial charge is 0.249 e. The molecule has 1 atom stereocenters. The van der Waals surface area contributed by atoms with E-state index >= 15 is 0 Å². The van der Waals surface area contributed by atoms with Crippen LogP contribution in [0, 0.1) is 0 Å². The number of rotatable bonds is 4. The number of amides is 2. The maximum Gasteiger partial charge on any atom is 0.249 e. The zero-order chi connectivity index (χ0) is 18.0. The zero-order valence-corrected chi connectivity index (χ0v) is 15.6. The van der Waals surface area contributed by atoms with E-state index in [2.05, 4.69) is 0 Å². The van der Waals surface area contributed by atoms with Crippen LogP contribution >= 0.6 is 11.3 Å². The van der Waals surface area contributed by atoms with Crippen molar-refractivity contribution in [3.8, 4) is 0 Å². The Labute approximate surface area is 151 Å². The van der Waals surface area contributed by atoms with Gasteiger partial charge in [0.1, 0.15) is 12.6 Å².